The Labute approximate surface area is 157 Å². The predicted molar refractivity (Wildman–Crippen MR) is 108 cm³/mol. The monoisotopic (exact) mass is 433 g/mol. The minimum Gasteiger partial charge on any atom is -0.357 e. The average Bonchev–Trinajstić information content (AvgIpc) is 2.95. The number of guanidine groups is 1. The van der Waals surface area contributed by atoms with Crippen LogP contribution in [0.5, 0.6) is 0 Å². The van der Waals surface area contributed by atoms with Gasteiger partial charge in [0.25, 0.3) is 0 Å². The van der Waals surface area contributed by atoms with Crippen molar-refractivity contribution in [2.45, 2.75) is 54.0 Å². The molecule has 1 aliphatic rings. The third kappa shape index (κ3) is 5.97. The van der Waals surface area contributed by atoms with Gasteiger partial charge in [-0.25, -0.2) is 0 Å². The first-order valence-electron chi connectivity index (χ1n) is 8.45. The molecule has 1 aromatic heterocycles. The first-order chi connectivity index (χ1) is 10.4. The van der Waals surface area contributed by atoms with Crippen LogP contribution >= 0.6 is 24.0 Å². The molecular weight excluding hydrogens is 401 g/mol. The maximum Gasteiger partial charge on any atom is 0.193 e. The van der Waals surface area contributed by atoms with E-state index in [1.54, 1.807) is 0 Å². The van der Waals surface area contributed by atoms with Gasteiger partial charge >= 0.3 is 0 Å². The Morgan fingerprint density at radius 1 is 1.39 bits per heavy atom. The van der Waals surface area contributed by atoms with Crippen LogP contribution in [0.15, 0.2) is 11.1 Å². The Kier molecular flexibility index (Phi) is 7.83. The number of hydrogen-bond acceptors (Lipinski definition) is 2. The van der Waals surface area contributed by atoms with E-state index in [2.05, 4.69) is 53.8 Å². The summed E-state index contributed by atoms with van der Waals surface area (Å²) in [4.78, 5) is 7.20. The lowest BCUT2D eigenvalue weighted by Gasteiger charge is -2.23. The molecule has 0 saturated carbocycles. The smallest absolute Gasteiger partial charge is 0.193 e. The first-order valence-corrected chi connectivity index (χ1v) is 8.45. The van der Waals surface area contributed by atoms with Crippen molar-refractivity contribution >= 4 is 29.9 Å². The summed E-state index contributed by atoms with van der Waals surface area (Å²) in [5, 5.41) is 7.93. The SMILES string of the molecule is CCNC(=NCCCn1nc(C)cc1C)N1CCC(C)(C)C1.I. The summed E-state index contributed by atoms with van der Waals surface area (Å²) in [6, 6.07) is 2.12. The van der Waals surface area contributed by atoms with Crippen molar-refractivity contribution in [3.63, 3.8) is 0 Å². The van der Waals surface area contributed by atoms with Crippen LogP contribution in [0.4, 0.5) is 0 Å². The van der Waals surface area contributed by atoms with Crippen LogP contribution in [-0.4, -0.2) is 46.8 Å². The van der Waals surface area contributed by atoms with Gasteiger partial charge in [-0.05, 0) is 45.1 Å². The molecule has 0 spiro atoms. The summed E-state index contributed by atoms with van der Waals surface area (Å²) in [6.07, 6.45) is 2.26. The highest BCUT2D eigenvalue weighted by atomic mass is 127. The summed E-state index contributed by atoms with van der Waals surface area (Å²) in [7, 11) is 0. The van der Waals surface area contributed by atoms with Crippen molar-refractivity contribution in [1.29, 1.82) is 0 Å². The van der Waals surface area contributed by atoms with E-state index in [9.17, 15) is 0 Å². The lowest BCUT2D eigenvalue weighted by molar-refractivity contribution is 0.370. The molecule has 0 bridgehead atoms. The molecule has 0 amide bonds. The number of nitrogens with one attached hydrogen (secondary N) is 1. The van der Waals surface area contributed by atoms with Gasteiger partial charge in [-0.1, -0.05) is 13.8 Å². The van der Waals surface area contributed by atoms with Crippen LogP contribution in [0, 0.1) is 19.3 Å². The maximum absolute atomic E-state index is 4.80. The Morgan fingerprint density at radius 2 is 2.13 bits per heavy atom. The zero-order valence-corrected chi connectivity index (χ0v) is 17.6. The van der Waals surface area contributed by atoms with Gasteiger partial charge in [0.1, 0.15) is 0 Å². The van der Waals surface area contributed by atoms with Crippen LogP contribution in [0.3, 0.4) is 0 Å². The molecule has 132 valence electrons. The quantitative estimate of drug-likeness (QED) is 0.336. The summed E-state index contributed by atoms with van der Waals surface area (Å²) in [6.45, 7) is 15.9. The van der Waals surface area contributed by atoms with Gasteiger partial charge in [-0.2, -0.15) is 5.10 Å². The fourth-order valence-electron chi connectivity index (χ4n) is 3.03. The molecule has 2 heterocycles. The highest BCUT2D eigenvalue weighted by molar-refractivity contribution is 14.0. The molecule has 6 heteroatoms. The summed E-state index contributed by atoms with van der Waals surface area (Å²) < 4.78 is 2.08. The molecule has 0 aliphatic carbocycles. The van der Waals surface area contributed by atoms with Gasteiger partial charge in [0.15, 0.2) is 5.96 Å². The van der Waals surface area contributed by atoms with Crippen LogP contribution < -0.4 is 5.32 Å². The van der Waals surface area contributed by atoms with E-state index in [0.717, 1.165) is 50.8 Å². The molecule has 1 aromatic rings. The van der Waals surface area contributed by atoms with E-state index >= 15 is 0 Å². The van der Waals surface area contributed by atoms with Crippen molar-refractivity contribution in [2.75, 3.05) is 26.2 Å². The number of aromatic nitrogens is 2. The molecule has 0 radical (unpaired) electrons. The Balaban J connectivity index is 0.00000264. The molecule has 1 N–H and O–H groups in total. The number of halogens is 1. The molecule has 1 aliphatic heterocycles. The van der Waals surface area contributed by atoms with Crippen molar-refractivity contribution in [2.24, 2.45) is 10.4 Å². The van der Waals surface area contributed by atoms with Crippen LogP contribution in [0.25, 0.3) is 0 Å². The van der Waals surface area contributed by atoms with Gasteiger partial charge in [0.2, 0.25) is 0 Å². The van der Waals surface area contributed by atoms with E-state index < -0.39 is 0 Å². The third-order valence-electron chi connectivity index (χ3n) is 4.20. The molecule has 0 unspecified atom stereocenters. The van der Waals surface area contributed by atoms with E-state index in [1.165, 1.54) is 12.1 Å². The van der Waals surface area contributed by atoms with Gasteiger partial charge < -0.3 is 10.2 Å². The van der Waals surface area contributed by atoms with Gasteiger partial charge in [0, 0.05) is 38.4 Å². The second kappa shape index (κ2) is 8.89. The zero-order valence-electron chi connectivity index (χ0n) is 15.2. The minimum atomic E-state index is 0. The summed E-state index contributed by atoms with van der Waals surface area (Å²) in [5.74, 6) is 1.07. The van der Waals surface area contributed by atoms with E-state index in [4.69, 9.17) is 4.99 Å². The molecule has 23 heavy (non-hydrogen) atoms. The zero-order chi connectivity index (χ0) is 16.2. The maximum atomic E-state index is 4.80. The molecular formula is C17H32IN5. The summed E-state index contributed by atoms with van der Waals surface area (Å²) in [5.41, 5.74) is 2.73. The molecule has 0 atom stereocenters. The number of rotatable bonds is 5. The van der Waals surface area contributed by atoms with E-state index in [0.29, 0.717) is 5.41 Å². The topological polar surface area (TPSA) is 45.5 Å². The van der Waals surface area contributed by atoms with Crippen molar-refractivity contribution in [3.05, 3.63) is 17.5 Å². The van der Waals surface area contributed by atoms with E-state index in [1.807, 2.05) is 6.92 Å². The fraction of sp³-hybridized carbons (Fsp3) is 0.765. The highest BCUT2D eigenvalue weighted by Gasteiger charge is 2.30. The first kappa shape index (κ1) is 20.3. The predicted octanol–water partition coefficient (Wildman–Crippen LogP) is 3.21. The van der Waals surface area contributed by atoms with Crippen molar-refractivity contribution < 1.29 is 0 Å². The highest BCUT2D eigenvalue weighted by Crippen LogP contribution is 2.28. The van der Waals surface area contributed by atoms with Gasteiger partial charge in [0.05, 0.1) is 5.69 Å². The molecule has 0 aromatic carbocycles. The lowest BCUT2D eigenvalue weighted by atomic mass is 9.93. The summed E-state index contributed by atoms with van der Waals surface area (Å²) >= 11 is 0. The third-order valence-corrected chi connectivity index (χ3v) is 4.20. The van der Waals surface area contributed by atoms with Crippen molar-refractivity contribution in [1.82, 2.24) is 20.0 Å². The number of nitrogens with zero attached hydrogens (tertiary/aromatic N) is 4. The van der Waals surface area contributed by atoms with Crippen LogP contribution in [-0.2, 0) is 6.54 Å². The molecule has 2 rings (SSSR count). The van der Waals surface area contributed by atoms with E-state index in [-0.39, 0.29) is 24.0 Å². The van der Waals surface area contributed by atoms with Gasteiger partial charge in [-0.3, -0.25) is 9.67 Å². The number of aryl methyl sites for hydroxylation is 3. The minimum absolute atomic E-state index is 0. The van der Waals surface area contributed by atoms with Crippen molar-refractivity contribution in [3.8, 4) is 0 Å². The molecule has 1 saturated heterocycles. The Morgan fingerprint density at radius 3 is 2.65 bits per heavy atom. The molecule has 5 nitrogen and oxygen atoms in total. The lowest BCUT2D eigenvalue weighted by Crippen LogP contribution is -2.40. The standard InChI is InChI=1S/C17H31N5.HI/c1-6-18-16(21-11-8-17(4,5)13-21)19-9-7-10-22-15(3)12-14(2)20-22;/h12H,6-11,13H2,1-5H3,(H,18,19);1H. The average molecular weight is 433 g/mol. The number of hydrogen-bond donors (Lipinski definition) is 1. The molecule has 1 fully saturated rings. The second-order valence-corrected chi connectivity index (χ2v) is 7.08. The number of likely N-dealkylation sites (tertiary alicyclic amines) is 1. The van der Waals surface area contributed by atoms with Gasteiger partial charge in [-0.15, -0.1) is 24.0 Å². The Bertz CT molecular complexity index is 521. The Hall–Kier alpha value is -0.790. The normalized spacial score (nSPS) is 17.3. The second-order valence-electron chi connectivity index (χ2n) is 7.08. The van der Waals surface area contributed by atoms with Crippen LogP contribution in [0.2, 0.25) is 0 Å². The fourth-order valence-corrected chi connectivity index (χ4v) is 3.03. The largest absolute Gasteiger partial charge is 0.357 e. The van der Waals surface area contributed by atoms with Crippen LogP contribution in [0.1, 0.15) is 45.0 Å². The number of aliphatic imine (C=N–C) groups is 1.